The van der Waals surface area contributed by atoms with Crippen LogP contribution in [0.4, 0.5) is 4.79 Å². The van der Waals surface area contributed by atoms with Gasteiger partial charge in [-0.15, -0.1) is 0 Å². The Hall–Kier alpha value is -2.82. The molecular weight excluding hydrogens is 388 g/mol. The lowest BCUT2D eigenvalue weighted by atomic mass is 9.75. The number of amides is 2. The highest BCUT2D eigenvalue weighted by Crippen LogP contribution is 2.38. The summed E-state index contributed by atoms with van der Waals surface area (Å²) in [4.78, 5) is 27.6. The van der Waals surface area contributed by atoms with E-state index in [9.17, 15) is 9.59 Å². The first-order valence-corrected chi connectivity index (χ1v) is 11.2. The summed E-state index contributed by atoms with van der Waals surface area (Å²) in [6, 6.07) is 20.7. The van der Waals surface area contributed by atoms with Crippen molar-refractivity contribution >= 4 is 12.0 Å². The lowest BCUT2D eigenvalue weighted by Crippen LogP contribution is -2.47. The molecular formula is C26H32N2O3. The van der Waals surface area contributed by atoms with Crippen LogP contribution in [-0.2, 0) is 9.53 Å². The molecule has 0 aromatic heterocycles. The Bertz CT molecular complexity index is 901. The van der Waals surface area contributed by atoms with E-state index in [4.69, 9.17) is 4.74 Å². The Morgan fingerprint density at radius 1 is 0.903 bits per heavy atom. The number of carbonyl (C=O) groups excluding carboxylic acids is 2. The largest absolute Gasteiger partial charge is 0.444 e. The van der Waals surface area contributed by atoms with Gasteiger partial charge < -0.3 is 15.0 Å². The third-order valence-corrected chi connectivity index (χ3v) is 6.29. The quantitative estimate of drug-likeness (QED) is 0.780. The van der Waals surface area contributed by atoms with Crippen LogP contribution in [0.25, 0.3) is 0 Å². The molecule has 2 amide bonds. The van der Waals surface area contributed by atoms with Crippen molar-refractivity contribution in [1.29, 1.82) is 0 Å². The Kier molecular flexibility index (Phi) is 6.03. The summed E-state index contributed by atoms with van der Waals surface area (Å²) in [7, 11) is 0. The van der Waals surface area contributed by atoms with Crippen LogP contribution in [0, 0.1) is 5.92 Å². The van der Waals surface area contributed by atoms with Gasteiger partial charge in [0.25, 0.3) is 0 Å². The van der Waals surface area contributed by atoms with E-state index in [1.807, 2.05) is 57.2 Å². The first kappa shape index (κ1) is 21.4. The number of carbonyl (C=O) groups is 2. The second kappa shape index (κ2) is 8.74. The monoisotopic (exact) mass is 420 g/mol. The highest BCUT2D eigenvalue weighted by molar-refractivity contribution is 5.82. The average Bonchev–Trinajstić information content (AvgIpc) is 3.16. The van der Waals surface area contributed by atoms with Gasteiger partial charge in [0.15, 0.2) is 0 Å². The van der Waals surface area contributed by atoms with Crippen LogP contribution < -0.4 is 5.32 Å². The molecule has 0 radical (unpaired) electrons. The van der Waals surface area contributed by atoms with Crippen molar-refractivity contribution in [3.05, 3.63) is 71.8 Å². The van der Waals surface area contributed by atoms with Gasteiger partial charge in [0.05, 0.1) is 5.92 Å². The number of hydrogen-bond acceptors (Lipinski definition) is 3. The van der Waals surface area contributed by atoms with Gasteiger partial charge in [-0.3, -0.25) is 4.79 Å². The number of nitrogens with zero attached hydrogens (tertiary/aromatic N) is 1. The number of likely N-dealkylation sites (tertiary alicyclic amines) is 1. The van der Waals surface area contributed by atoms with Gasteiger partial charge in [-0.25, -0.2) is 4.79 Å². The summed E-state index contributed by atoms with van der Waals surface area (Å²) in [5, 5.41) is 3.25. The van der Waals surface area contributed by atoms with Crippen molar-refractivity contribution in [3.8, 4) is 0 Å². The molecule has 2 aromatic rings. The zero-order valence-electron chi connectivity index (χ0n) is 18.6. The van der Waals surface area contributed by atoms with Crippen molar-refractivity contribution in [2.24, 2.45) is 5.92 Å². The number of nitrogens with one attached hydrogen (secondary N) is 1. The van der Waals surface area contributed by atoms with E-state index in [-0.39, 0.29) is 29.9 Å². The molecule has 0 unspecified atom stereocenters. The van der Waals surface area contributed by atoms with Gasteiger partial charge in [-0.2, -0.15) is 0 Å². The van der Waals surface area contributed by atoms with Crippen LogP contribution in [0.15, 0.2) is 60.7 Å². The van der Waals surface area contributed by atoms with E-state index >= 15 is 0 Å². The zero-order chi connectivity index (χ0) is 22.0. The average molecular weight is 421 g/mol. The molecule has 1 aliphatic heterocycles. The second-order valence-electron chi connectivity index (χ2n) is 9.79. The summed E-state index contributed by atoms with van der Waals surface area (Å²) in [5.41, 5.74) is 1.87. The molecule has 2 aromatic carbocycles. The van der Waals surface area contributed by atoms with E-state index in [0.717, 1.165) is 18.4 Å². The predicted octanol–water partition coefficient (Wildman–Crippen LogP) is 4.70. The Morgan fingerprint density at radius 3 is 2.06 bits per heavy atom. The lowest BCUT2D eigenvalue weighted by Gasteiger charge is -2.37. The Morgan fingerprint density at radius 2 is 1.48 bits per heavy atom. The third kappa shape index (κ3) is 5.09. The second-order valence-corrected chi connectivity index (χ2v) is 9.79. The first-order chi connectivity index (χ1) is 14.8. The number of ether oxygens (including phenoxy) is 1. The first-order valence-electron chi connectivity index (χ1n) is 11.2. The molecule has 4 rings (SSSR count). The van der Waals surface area contributed by atoms with Crippen LogP contribution >= 0.6 is 0 Å². The number of hydrogen-bond donors (Lipinski definition) is 1. The van der Waals surface area contributed by atoms with E-state index in [1.165, 1.54) is 5.56 Å². The molecule has 1 N–H and O–H groups in total. The molecule has 0 spiro atoms. The van der Waals surface area contributed by atoms with Crippen LogP contribution in [0.1, 0.15) is 56.6 Å². The number of rotatable bonds is 4. The van der Waals surface area contributed by atoms with E-state index in [0.29, 0.717) is 19.0 Å². The fourth-order valence-electron chi connectivity index (χ4n) is 4.62. The van der Waals surface area contributed by atoms with Crippen molar-refractivity contribution in [2.45, 2.75) is 57.1 Å². The zero-order valence-corrected chi connectivity index (χ0v) is 18.6. The van der Waals surface area contributed by atoms with Gasteiger partial charge in [0, 0.05) is 25.0 Å². The molecule has 164 valence electrons. The van der Waals surface area contributed by atoms with Crippen LogP contribution in [0.3, 0.4) is 0 Å². The van der Waals surface area contributed by atoms with E-state index in [1.54, 1.807) is 4.90 Å². The van der Waals surface area contributed by atoms with Crippen molar-refractivity contribution < 1.29 is 14.3 Å². The van der Waals surface area contributed by atoms with Gasteiger partial charge in [0.2, 0.25) is 5.91 Å². The molecule has 1 heterocycles. The summed E-state index contributed by atoms with van der Waals surface area (Å²) in [6.07, 6.45) is 1.58. The molecule has 2 aliphatic rings. The summed E-state index contributed by atoms with van der Waals surface area (Å²) >= 11 is 0. The SMILES string of the molecule is CC(C)(C)OC(=O)N1C[C@@H](C(=O)NC2CC(c3ccccc3)C2)[C@H](c2ccccc2)C1. The Balaban J connectivity index is 1.41. The fraction of sp³-hybridized carbons (Fsp3) is 0.462. The standard InChI is InChI=1S/C26H32N2O3/c1-26(2,3)31-25(30)28-16-22(19-12-8-5-9-13-19)23(17-28)24(29)27-21-14-20(15-21)18-10-6-4-7-11-18/h4-13,20-23H,14-17H2,1-3H3,(H,27,29)/t20?,21?,22-,23+/m0/s1. The van der Waals surface area contributed by atoms with Gasteiger partial charge in [-0.1, -0.05) is 60.7 Å². The topological polar surface area (TPSA) is 58.6 Å². The van der Waals surface area contributed by atoms with E-state index < -0.39 is 5.60 Å². The van der Waals surface area contributed by atoms with Crippen molar-refractivity contribution in [1.82, 2.24) is 10.2 Å². The predicted molar refractivity (Wildman–Crippen MR) is 121 cm³/mol. The molecule has 5 nitrogen and oxygen atoms in total. The molecule has 1 saturated carbocycles. The normalized spacial score (nSPS) is 25.6. The summed E-state index contributed by atoms with van der Waals surface area (Å²) in [5.74, 6) is 0.249. The highest BCUT2D eigenvalue weighted by atomic mass is 16.6. The maximum absolute atomic E-state index is 13.2. The van der Waals surface area contributed by atoms with Crippen LogP contribution in [0.5, 0.6) is 0 Å². The maximum Gasteiger partial charge on any atom is 0.410 e. The van der Waals surface area contributed by atoms with Gasteiger partial charge >= 0.3 is 6.09 Å². The molecule has 2 fully saturated rings. The minimum absolute atomic E-state index is 0.0290. The maximum atomic E-state index is 13.2. The molecule has 2 atom stereocenters. The molecule has 1 saturated heterocycles. The molecule has 0 bridgehead atoms. The fourth-order valence-corrected chi connectivity index (χ4v) is 4.62. The minimum Gasteiger partial charge on any atom is -0.444 e. The van der Waals surface area contributed by atoms with Gasteiger partial charge in [0.1, 0.15) is 5.60 Å². The third-order valence-electron chi connectivity index (χ3n) is 6.29. The lowest BCUT2D eigenvalue weighted by molar-refractivity contribution is -0.126. The van der Waals surface area contributed by atoms with Crippen molar-refractivity contribution in [2.75, 3.05) is 13.1 Å². The summed E-state index contributed by atoms with van der Waals surface area (Å²) < 4.78 is 5.57. The van der Waals surface area contributed by atoms with Gasteiger partial charge in [-0.05, 0) is 50.7 Å². The van der Waals surface area contributed by atoms with E-state index in [2.05, 4.69) is 29.6 Å². The Labute approximate surface area is 184 Å². The number of benzene rings is 2. The molecule has 1 aliphatic carbocycles. The summed E-state index contributed by atoms with van der Waals surface area (Å²) in [6.45, 7) is 6.46. The molecule has 31 heavy (non-hydrogen) atoms. The van der Waals surface area contributed by atoms with Crippen LogP contribution in [-0.4, -0.2) is 41.6 Å². The minimum atomic E-state index is -0.557. The van der Waals surface area contributed by atoms with Crippen molar-refractivity contribution in [3.63, 3.8) is 0 Å². The highest BCUT2D eigenvalue weighted by Gasteiger charge is 2.43. The molecule has 5 heteroatoms. The van der Waals surface area contributed by atoms with Crippen LogP contribution in [0.2, 0.25) is 0 Å². The smallest absolute Gasteiger partial charge is 0.410 e.